The van der Waals surface area contributed by atoms with E-state index in [1.165, 1.54) is 19.3 Å². The lowest BCUT2D eigenvalue weighted by Gasteiger charge is -2.25. The summed E-state index contributed by atoms with van der Waals surface area (Å²) in [7, 11) is 0. The summed E-state index contributed by atoms with van der Waals surface area (Å²) in [6.45, 7) is 3.27. The van der Waals surface area contributed by atoms with E-state index in [9.17, 15) is 4.79 Å². The van der Waals surface area contributed by atoms with E-state index in [1.807, 2.05) is 18.2 Å². The Bertz CT molecular complexity index is 554. The van der Waals surface area contributed by atoms with Crippen LogP contribution >= 0.6 is 0 Å². The first-order valence-corrected chi connectivity index (χ1v) is 7.75. The molecule has 0 unspecified atom stereocenters. The van der Waals surface area contributed by atoms with Gasteiger partial charge in [0.15, 0.2) is 11.5 Å². The van der Waals surface area contributed by atoms with Gasteiger partial charge in [0, 0.05) is 13.0 Å². The minimum atomic E-state index is -0.0532. The zero-order chi connectivity index (χ0) is 15.2. The fraction of sp³-hybridized carbons (Fsp3) is 0.500. The molecular weight excluding hydrogens is 282 g/mol. The number of hydrazone groups is 1. The predicted octanol–water partition coefficient (Wildman–Crippen LogP) is 1.74. The topological polar surface area (TPSA) is 63.2 Å². The second-order valence-corrected chi connectivity index (χ2v) is 5.56. The summed E-state index contributed by atoms with van der Waals surface area (Å²) in [4.78, 5) is 14.1. The number of ether oxygens (including phenoxy) is 2. The minimum absolute atomic E-state index is 0.0532. The minimum Gasteiger partial charge on any atom is -0.454 e. The Balaban J connectivity index is 1.42. The van der Waals surface area contributed by atoms with Crippen LogP contribution in [0.4, 0.5) is 0 Å². The van der Waals surface area contributed by atoms with E-state index in [4.69, 9.17) is 9.47 Å². The number of nitrogens with one attached hydrogen (secondary N) is 1. The molecule has 6 nitrogen and oxygen atoms in total. The monoisotopic (exact) mass is 303 g/mol. The fourth-order valence-electron chi connectivity index (χ4n) is 2.67. The maximum Gasteiger partial charge on any atom is 0.241 e. The number of rotatable bonds is 5. The molecular formula is C16H21N3O3. The maximum atomic E-state index is 11.8. The van der Waals surface area contributed by atoms with Gasteiger partial charge >= 0.3 is 0 Å². The standard InChI is InChI=1S/C16H21N3O3/c20-16(6-9-19-7-2-1-3-8-19)18-17-11-13-4-5-14-15(10-13)22-12-21-14/h4-5,10-11H,1-3,6-9,12H2,(H,18,20). The molecule has 22 heavy (non-hydrogen) atoms. The van der Waals surface area contributed by atoms with Gasteiger partial charge in [0.2, 0.25) is 12.7 Å². The summed E-state index contributed by atoms with van der Waals surface area (Å²) in [6, 6.07) is 5.55. The van der Waals surface area contributed by atoms with Crippen molar-refractivity contribution in [1.82, 2.24) is 10.3 Å². The summed E-state index contributed by atoms with van der Waals surface area (Å²) >= 11 is 0. The number of carbonyl (C=O) groups is 1. The smallest absolute Gasteiger partial charge is 0.241 e. The van der Waals surface area contributed by atoms with Crippen molar-refractivity contribution in [3.8, 4) is 11.5 Å². The van der Waals surface area contributed by atoms with Crippen molar-refractivity contribution < 1.29 is 14.3 Å². The molecule has 0 atom stereocenters. The summed E-state index contributed by atoms with van der Waals surface area (Å²) in [6.07, 6.45) is 5.88. The SMILES string of the molecule is O=C(CCN1CCCCC1)NN=Cc1ccc2c(c1)OCO2. The van der Waals surface area contributed by atoms with Crippen LogP contribution in [0.15, 0.2) is 23.3 Å². The molecule has 0 saturated carbocycles. The average molecular weight is 303 g/mol. The third-order valence-corrected chi connectivity index (χ3v) is 3.90. The van der Waals surface area contributed by atoms with E-state index >= 15 is 0 Å². The molecule has 0 spiro atoms. The summed E-state index contributed by atoms with van der Waals surface area (Å²) in [5, 5.41) is 3.99. The Morgan fingerprint density at radius 1 is 1.23 bits per heavy atom. The third kappa shape index (κ3) is 3.98. The third-order valence-electron chi connectivity index (χ3n) is 3.90. The van der Waals surface area contributed by atoms with Crippen molar-refractivity contribution in [3.63, 3.8) is 0 Å². The van der Waals surface area contributed by atoms with Crippen LogP contribution in [0.3, 0.4) is 0 Å². The molecule has 1 aromatic carbocycles. The van der Waals surface area contributed by atoms with Crippen molar-refractivity contribution >= 4 is 12.1 Å². The number of fused-ring (bicyclic) bond motifs is 1. The van der Waals surface area contributed by atoms with E-state index in [2.05, 4.69) is 15.4 Å². The zero-order valence-corrected chi connectivity index (χ0v) is 12.6. The number of carbonyl (C=O) groups excluding carboxylic acids is 1. The molecule has 1 saturated heterocycles. The molecule has 1 aromatic rings. The molecule has 0 aliphatic carbocycles. The second-order valence-electron chi connectivity index (χ2n) is 5.56. The number of piperidine rings is 1. The zero-order valence-electron chi connectivity index (χ0n) is 12.6. The fourth-order valence-corrected chi connectivity index (χ4v) is 2.67. The van der Waals surface area contributed by atoms with Crippen LogP contribution in [0, 0.1) is 0 Å². The molecule has 0 bridgehead atoms. The van der Waals surface area contributed by atoms with Crippen LogP contribution in [0.5, 0.6) is 11.5 Å². The van der Waals surface area contributed by atoms with Crippen LogP contribution in [-0.4, -0.2) is 43.4 Å². The summed E-state index contributed by atoms with van der Waals surface area (Å²) in [5.41, 5.74) is 3.43. The van der Waals surface area contributed by atoms with Gasteiger partial charge in [0.1, 0.15) is 0 Å². The van der Waals surface area contributed by atoms with Gasteiger partial charge in [-0.3, -0.25) is 4.79 Å². The largest absolute Gasteiger partial charge is 0.454 e. The number of hydrogen-bond acceptors (Lipinski definition) is 5. The Hall–Kier alpha value is -2.08. The van der Waals surface area contributed by atoms with Crippen molar-refractivity contribution in [2.24, 2.45) is 5.10 Å². The van der Waals surface area contributed by atoms with Gasteiger partial charge in [-0.2, -0.15) is 5.10 Å². The van der Waals surface area contributed by atoms with Gasteiger partial charge in [-0.1, -0.05) is 6.42 Å². The Morgan fingerprint density at radius 3 is 2.91 bits per heavy atom. The van der Waals surface area contributed by atoms with Gasteiger partial charge in [0.25, 0.3) is 0 Å². The number of nitrogens with zero attached hydrogens (tertiary/aromatic N) is 2. The van der Waals surface area contributed by atoms with Crippen molar-refractivity contribution in [2.75, 3.05) is 26.4 Å². The van der Waals surface area contributed by atoms with E-state index < -0.39 is 0 Å². The highest BCUT2D eigenvalue weighted by Crippen LogP contribution is 2.31. The molecule has 1 fully saturated rings. The van der Waals surface area contributed by atoms with Crippen molar-refractivity contribution in [2.45, 2.75) is 25.7 Å². The van der Waals surface area contributed by atoms with Crippen LogP contribution in [0.2, 0.25) is 0 Å². The van der Waals surface area contributed by atoms with Gasteiger partial charge in [-0.05, 0) is 49.7 Å². The molecule has 3 rings (SSSR count). The molecule has 2 aliphatic heterocycles. The quantitative estimate of drug-likeness (QED) is 0.665. The lowest BCUT2D eigenvalue weighted by Crippen LogP contribution is -2.33. The number of benzene rings is 1. The highest BCUT2D eigenvalue weighted by Gasteiger charge is 2.13. The lowest BCUT2D eigenvalue weighted by molar-refractivity contribution is -0.121. The molecule has 2 aliphatic rings. The Kier molecular flexibility index (Phi) is 4.90. The van der Waals surface area contributed by atoms with E-state index in [1.54, 1.807) is 6.21 Å². The van der Waals surface area contributed by atoms with E-state index in [-0.39, 0.29) is 12.7 Å². The molecule has 0 aromatic heterocycles. The number of amides is 1. The molecule has 1 N–H and O–H groups in total. The summed E-state index contributed by atoms with van der Waals surface area (Å²) in [5.74, 6) is 1.39. The normalized spacial score (nSPS) is 17.8. The first kappa shape index (κ1) is 14.8. The highest BCUT2D eigenvalue weighted by molar-refractivity contribution is 5.83. The lowest BCUT2D eigenvalue weighted by atomic mass is 10.1. The van der Waals surface area contributed by atoms with Gasteiger partial charge in [-0.15, -0.1) is 0 Å². The van der Waals surface area contributed by atoms with Crippen LogP contribution < -0.4 is 14.9 Å². The van der Waals surface area contributed by atoms with Gasteiger partial charge in [0.05, 0.1) is 6.21 Å². The number of likely N-dealkylation sites (tertiary alicyclic amines) is 1. The number of hydrogen-bond donors (Lipinski definition) is 1. The van der Waals surface area contributed by atoms with Crippen LogP contribution in [0.1, 0.15) is 31.2 Å². The second kappa shape index (κ2) is 7.26. The van der Waals surface area contributed by atoms with Crippen LogP contribution in [0.25, 0.3) is 0 Å². The van der Waals surface area contributed by atoms with E-state index in [0.717, 1.165) is 30.9 Å². The van der Waals surface area contributed by atoms with Crippen molar-refractivity contribution in [1.29, 1.82) is 0 Å². The van der Waals surface area contributed by atoms with E-state index in [0.29, 0.717) is 12.2 Å². The molecule has 0 radical (unpaired) electrons. The first-order chi connectivity index (χ1) is 10.8. The molecule has 2 heterocycles. The molecule has 6 heteroatoms. The first-order valence-electron chi connectivity index (χ1n) is 7.75. The Morgan fingerprint density at radius 2 is 2.05 bits per heavy atom. The van der Waals surface area contributed by atoms with Crippen LogP contribution in [-0.2, 0) is 4.79 Å². The van der Waals surface area contributed by atoms with Crippen molar-refractivity contribution in [3.05, 3.63) is 23.8 Å². The van der Waals surface area contributed by atoms with Gasteiger partial charge < -0.3 is 14.4 Å². The molecule has 118 valence electrons. The van der Waals surface area contributed by atoms with Gasteiger partial charge in [-0.25, -0.2) is 5.43 Å². The maximum absolute atomic E-state index is 11.8. The average Bonchev–Trinajstić information content (AvgIpc) is 3.02. The Labute approximate surface area is 130 Å². The molecule has 1 amide bonds. The predicted molar refractivity (Wildman–Crippen MR) is 83.2 cm³/mol. The summed E-state index contributed by atoms with van der Waals surface area (Å²) < 4.78 is 10.5. The highest BCUT2D eigenvalue weighted by atomic mass is 16.7.